The van der Waals surface area contributed by atoms with Gasteiger partial charge in [-0.25, -0.2) is 0 Å². The normalized spacial score (nSPS) is 11.6. The number of halogens is 1. The van der Waals surface area contributed by atoms with Crippen molar-refractivity contribution in [1.29, 1.82) is 0 Å². The second-order valence-corrected chi connectivity index (χ2v) is 6.92. The Balaban J connectivity index is 2.23. The summed E-state index contributed by atoms with van der Waals surface area (Å²) in [5.74, 6) is 1.96. The standard InChI is InChI=1S/C16H21BrN4OS/c1-5-8-22-14-7-6-12(9-13(14)17)10-18-21-15(11(2)3)19-20-16(21)23-4/h6-7,9-11H,5,8H2,1-4H3/b18-10-. The van der Waals surface area contributed by atoms with Crippen LogP contribution in [0, 0.1) is 0 Å². The number of rotatable bonds is 7. The monoisotopic (exact) mass is 396 g/mol. The molecule has 0 saturated carbocycles. The zero-order chi connectivity index (χ0) is 16.8. The third kappa shape index (κ3) is 4.57. The van der Waals surface area contributed by atoms with Gasteiger partial charge in [-0.2, -0.15) is 9.78 Å². The first-order valence-electron chi connectivity index (χ1n) is 7.52. The number of aromatic nitrogens is 3. The average Bonchev–Trinajstić information content (AvgIpc) is 2.95. The van der Waals surface area contributed by atoms with E-state index in [9.17, 15) is 0 Å². The molecule has 23 heavy (non-hydrogen) atoms. The molecule has 0 atom stereocenters. The van der Waals surface area contributed by atoms with E-state index in [1.165, 1.54) is 11.8 Å². The first kappa shape index (κ1) is 18.0. The quantitative estimate of drug-likeness (QED) is 0.508. The fourth-order valence-electron chi connectivity index (χ4n) is 1.92. The van der Waals surface area contributed by atoms with Crippen molar-refractivity contribution in [3.8, 4) is 5.75 Å². The summed E-state index contributed by atoms with van der Waals surface area (Å²) in [6.07, 6.45) is 4.76. The van der Waals surface area contributed by atoms with E-state index >= 15 is 0 Å². The predicted octanol–water partition coefficient (Wildman–Crippen LogP) is 4.56. The number of nitrogens with zero attached hydrogens (tertiary/aromatic N) is 4. The van der Waals surface area contributed by atoms with Gasteiger partial charge < -0.3 is 4.74 Å². The van der Waals surface area contributed by atoms with Crippen molar-refractivity contribution < 1.29 is 4.74 Å². The Morgan fingerprint density at radius 2 is 2.17 bits per heavy atom. The Kier molecular flexibility index (Phi) is 6.65. The lowest BCUT2D eigenvalue weighted by Crippen LogP contribution is -2.02. The highest BCUT2D eigenvalue weighted by molar-refractivity contribution is 9.10. The van der Waals surface area contributed by atoms with Crippen molar-refractivity contribution in [1.82, 2.24) is 14.9 Å². The van der Waals surface area contributed by atoms with E-state index < -0.39 is 0 Å². The molecule has 124 valence electrons. The second-order valence-electron chi connectivity index (χ2n) is 5.29. The molecule has 0 aliphatic heterocycles. The van der Waals surface area contributed by atoms with Crippen LogP contribution in [0.15, 0.2) is 32.9 Å². The molecule has 1 aromatic heterocycles. The van der Waals surface area contributed by atoms with Gasteiger partial charge in [-0.15, -0.1) is 10.2 Å². The first-order chi connectivity index (χ1) is 11.1. The molecule has 7 heteroatoms. The maximum atomic E-state index is 5.66. The number of hydrogen-bond donors (Lipinski definition) is 0. The maximum Gasteiger partial charge on any atom is 0.211 e. The fraction of sp³-hybridized carbons (Fsp3) is 0.438. The molecular formula is C16H21BrN4OS. The summed E-state index contributed by atoms with van der Waals surface area (Å²) in [6, 6.07) is 5.93. The molecule has 0 saturated heterocycles. The summed E-state index contributed by atoms with van der Waals surface area (Å²) in [5, 5.41) is 13.7. The second kappa shape index (κ2) is 8.49. The number of thioether (sulfide) groups is 1. The number of hydrogen-bond acceptors (Lipinski definition) is 5. The van der Waals surface area contributed by atoms with Crippen molar-refractivity contribution in [3.05, 3.63) is 34.1 Å². The minimum absolute atomic E-state index is 0.261. The SMILES string of the molecule is CCCOc1ccc(/C=N\n2c(SC)nnc2C(C)C)cc1Br. The molecule has 1 heterocycles. The molecule has 0 unspecified atom stereocenters. The fourth-order valence-corrected chi connectivity index (χ4v) is 2.87. The molecule has 0 amide bonds. The van der Waals surface area contributed by atoms with Gasteiger partial charge in [-0.05, 0) is 52.4 Å². The Morgan fingerprint density at radius 1 is 1.39 bits per heavy atom. The summed E-state index contributed by atoms with van der Waals surface area (Å²) in [5.41, 5.74) is 0.983. The van der Waals surface area contributed by atoms with Gasteiger partial charge in [0.2, 0.25) is 5.16 Å². The van der Waals surface area contributed by atoms with Crippen LogP contribution in [0.4, 0.5) is 0 Å². The van der Waals surface area contributed by atoms with Gasteiger partial charge in [0.05, 0.1) is 17.3 Å². The van der Waals surface area contributed by atoms with Crippen LogP contribution in [0.25, 0.3) is 0 Å². The van der Waals surface area contributed by atoms with Crippen LogP contribution in [-0.4, -0.2) is 34.0 Å². The summed E-state index contributed by atoms with van der Waals surface area (Å²) in [4.78, 5) is 0. The zero-order valence-corrected chi connectivity index (χ0v) is 16.2. The van der Waals surface area contributed by atoms with Crippen LogP contribution >= 0.6 is 27.7 Å². The van der Waals surface area contributed by atoms with Crippen molar-refractivity contribution in [2.75, 3.05) is 12.9 Å². The summed E-state index contributed by atoms with van der Waals surface area (Å²) in [6.45, 7) is 6.96. The summed E-state index contributed by atoms with van der Waals surface area (Å²) < 4.78 is 8.38. The summed E-state index contributed by atoms with van der Waals surface area (Å²) in [7, 11) is 0. The third-order valence-electron chi connectivity index (χ3n) is 3.08. The van der Waals surface area contributed by atoms with Gasteiger partial charge >= 0.3 is 0 Å². The molecule has 0 bridgehead atoms. The smallest absolute Gasteiger partial charge is 0.211 e. The lowest BCUT2D eigenvalue weighted by atomic mass is 10.2. The lowest BCUT2D eigenvalue weighted by Gasteiger charge is -2.08. The zero-order valence-electron chi connectivity index (χ0n) is 13.8. The van der Waals surface area contributed by atoms with E-state index in [-0.39, 0.29) is 5.92 Å². The van der Waals surface area contributed by atoms with Gasteiger partial charge in [-0.3, -0.25) is 0 Å². The Morgan fingerprint density at radius 3 is 2.78 bits per heavy atom. The summed E-state index contributed by atoms with van der Waals surface area (Å²) >= 11 is 5.07. The van der Waals surface area contributed by atoms with Crippen LogP contribution in [0.5, 0.6) is 5.75 Å². The predicted molar refractivity (Wildman–Crippen MR) is 98.8 cm³/mol. The highest BCUT2D eigenvalue weighted by Gasteiger charge is 2.13. The van der Waals surface area contributed by atoms with E-state index in [2.05, 4.69) is 52.0 Å². The molecule has 2 aromatic rings. The molecule has 5 nitrogen and oxygen atoms in total. The molecule has 0 fully saturated rings. The largest absolute Gasteiger partial charge is 0.492 e. The lowest BCUT2D eigenvalue weighted by molar-refractivity contribution is 0.315. The Labute approximate surface area is 149 Å². The molecule has 2 rings (SSSR count). The molecule has 0 N–H and O–H groups in total. The van der Waals surface area contributed by atoms with Crippen LogP contribution < -0.4 is 4.74 Å². The van der Waals surface area contributed by atoms with Gasteiger partial charge in [0, 0.05) is 5.92 Å². The Bertz CT molecular complexity index is 685. The third-order valence-corrected chi connectivity index (χ3v) is 4.31. The van der Waals surface area contributed by atoms with Gasteiger partial charge in [0.25, 0.3) is 0 Å². The van der Waals surface area contributed by atoms with Crippen LogP contribution in [0.2, 0.25) is 0 Å². The molecule has 1 aromatic carbocycles. The van der Waals surface area contributed by atoms with Crippen LogP contribution in [0.1, 0.15) is 44.5 Å². The Hall–Kier alpha value is -1.34. The number of ether oxygens (including phenoxy) is 1. The van der Waals surface area contributed by atoms with Crippen molar-refractivity contribution in [3.63, 3.8) is 0 Å². The van der Waals surface area contributed by atoms with Crippen molar-refractivity contribution in [2.24, 2.45) is 5.10 Å². The van der Waals surface area contributed by atoms with E-state index in [1.807, 2.05) is 30.7 Å². The topological polar surface area (TPSA) is 52.3 Å². The highest BCUT2D eigenvalue weighted by Crippen LogP contribution is 2.26. The molecule has 0 radical (unpaired) electrons. The van der Waals surface area contributed by atoms with E-state index in [4.69, 9.17) is 4.74 Å². The highest BCUT2D eigenvalue weighted by atomic mass is 79.9. The molecular weight excluding hydrogens is 376 g/mol. The maximum absolute atomic E-state index is 5.66. The first-order valence-corrected chi connectivity index (χ1v) is 9.54. The van der Waals surface area contributed by atoms with Gasteiger partial charge in [0.15, 0.2) is 5.82 Å². The van der Waals surface area contributed by atoms with Crippen molar-refractivity contribution in [2.45, 2.75) is 38.3 Å². The minimum Gasteiger partial charge on any atom is -0.492 e. The minimum atomic E-state index is 0.261. The average molecular weight is 397 g/mol. The molecule has 0 spiro atoms. The van der Waals surface area contributed by atoms with Gasteiger partial charge in [0.1, 0.15) is 5.75 Å². The molecule has 0 aliphatic rings. The van der Waals surface area contributed by atoms with E-state index in [1.54, 1.807) is 4.68 Å². The van der Waals surface area contributed by atoms with E-state index in [0.29, 0.717) is 6.61 Å². The van der Waals surface area contributed by atoms with Crippen LogP contribution in [-0.2, 0) is 0 Å². The van der Waals surface area contributed by atoms with Gasteiger partial charge in [-0.1, -0.05) is 32.5 Å². The number of benzene rings is 1. The van der Waals surface area contributed by atoms with E-state index in [0.717, 1.165) is 33.2 Å². The van der Waals surface area contributed by atoms with Crippen molar-refractivity contribution >= 4 is 33.9 Å². The molecule has 0 aliphatic carbocycles. The van der Waals surface area contributed by atoms with Crippen LogP contribution in [0.3, 0.4) is 0 Å².